The number of hydrogen-bond acceptors (Lipinski definition) is 7. The number of aliphatic hydroxyl groups is 1. The smallest absolute Gasteiger partial charge is 0.333 e. The zero-order chi connectivity index (χ0) is 16.0. The third-order valence-corrected chi connectivity index (χ3v) is 2.84. The van der Waals surface area contributed by atoms with Crippen molar-refractivity contribution in [2.24, 2.45) is 0 Å². The highest BCUT2D eigenvalue weighted by molar-refractivity contribution is 6.01. The fourth-order valence-corrected chi connectivity index (χ4v) is 1.69. The molecule has 1 N–H and O–H groups in total. The molecule has 0 unspecified atom stereocenters. The number of esters is 1. The number of amides is 2. The summed E-state index contributed by atoms with van der Waals surface area (Å²) in [6.07, 6.45) is -0.220. The first-order chi connectivity index (χ1) is 9.75. The van der Waals surface area contributed by atoms with E-state index in [1.54, 1.807) is 13.8 Å². The molecule has 1 rings (SSSR count). The third-order valence-electron chi connectivity index (χ3n) is 2.84. The van der Waals surface area contributed by atoms with E-state index in [9.17, 15) is 19.2 Å². The molecule has 8 nitrogen and oxygen atoms in total. The van der Waals surface area contributed by atoms with Crippen LogP contribution in [0.5, 0.6) is 0 Å². The number of carbonyl (C=O) groups excluding carboxylic acids is 4. The first kappa shape index (κ1) is 17.1. The summed E-state index contributed by atoms with van der Waals surface area (Å²) in [5.41, 5.74) is -0.823. The number of ether oxygens (including phenoxy) is 1. The van der Waals surface area contributed by atoms with Crippen LogP contribution in [0.3, 0.4) is 0 Å². The van der Waals surface area contributed by atoms with Gasteiger partial charge in [0.1, 0.15) is 5.60 Å². The van der Waals surface area contributed by atoms with Crippen molar-refractivity contribution in [3.8, 4) is 0 Å². The van der Waals surface area contributed by atoms with Gasteiger partial charge in [-0.3, -0.25) is 14.4 Å². The lowest BCUT2D eigenvalue weighted by Crippen LogP contribution is -2.33. The maximum Gasteiger partial charge on any atom is 0.333 e. The molecule has 8 heteroatoms. The number of aliphatic hydroxyl groups excluding tert-OH is 1. The largest absolute Gasteiger partial charge is 0.460 e. The Bertz CT molecular complexity index is 428. The van der Waals surface area contributed by atoms with Crippen LogP contribution in [0.2, 0.25) is 0 Å². The van der Waals surface area contributed by atoms with Gasteiger partial charge in [0.15, 0.2) is 0 Å². The molecule has 1 heterocycles. The quantitative estimate of drug-likeness (QED) is 0.523. The van der Waals surface area contributed by atoms with Crippen LogP contribution in [-0.2, 0) is 28.8 Å². The Labute approximate surface area is 121 Å². The lowest BCUT2D eigenvalue weighted by atomic mass is 10.1. The van der Waals surface area contributed by atoms with Gasteiger partial charge in [-0.2, -0.15) is 0 Å². The number of rotatable bonds is 7. The van der Waals surface area contributed by atoms with Gasteiger partial charge in [0, 0.05) is 25.9 Å². The van der Waals surface area contributed by atoms with Gasteiger partial charge in [-0.1, -0.05) is 0 Å². The second-order valence-electron chi connectivity index (χ2n) is 5.25. The monoisotopic (exact) mass is 301 g/mol. The van der Waals surface area contributed by atoms with Gasteiger partial charge in [-0.25, -0.2) is 4.79 Å². The molecule has 0 aromatic carbocycles. The van der Waals surface area contributed by atoms with Gasteiger partial charge in [0.25, 0.3) is 11.8 Å². The molecule has 2 amide bonds. The molecule has 0 aromatic heterocycles. The van der Waals surface area contributed by atoms with Crippen LogP contribution < -0.4 is 0 Å². The number of imide groups is 1. The van der Waals surface area contributed by atoms with Crippen molar-refractivity contribution in [2.45, 2.75) is 51.6 Å². The van der Waals surface area contributed by atoms with Crippen molar-refractivity contribution >= 4 is 23.8 Å². The van der Waals surface area contributed by atoms with Gasteiger partial charge in [0.05, 0.1) is 12.8 Å². The Morgan fingerprint density at radius 3 is 2.19 bits per heavy atom. The topological polar surface area (TPSA) is 110 Å². The Morgan fingerprint density at radius 2 is 1.67 bits per heavy atom. The van der Waals surface area contributed by atoms with E-state index >= 15 is 0 Å². The minimum atomic E-state index is -0.851. The SMILES string of the molecule is CC(C)(CCO)OC(=O)CCC(=O)ON1C(=O)CCC1=O. The fourth-order valence-electron chi connectivity index (χ4n) is 1.69. The molecule has 118 valence electrons. The van der Waals surface area contributed by atoms with Gasteiger partial charge in [-0.05, 0) is 13.8 Å². The molecule has 21 heavy (non-hydrogen) atoms. The van der Waals surface area contributed by atoms with Gasteiger partial charge in [-0.15, -0.1) is 5.06 Å². The summed E-state index contributed by atoms with van der Waals surface area (Å²) in [5.74, 6) is -2.61. The molecule has 0 aromatic rings. The van der Waals surface area contributed by atoms with Crippen molar-refractivity contribution in [1.82, 2.24) is 5.06 Å². The zero-order valence-electron chi connectivity index (χ0n) is 12.1. The molecular formula is C13H19NO7. The van der Waals surface area contributed by atoms with Gasteiger partial charge < -0.3 is 14.7 Å². The number of nitrogens with zero attached hydrogens (tertiary/aromatic N) is 1. The Hall–Kier alpha value is -1.96. The lowest BCUT2D eigenvalue weighted by molar-refractivity contribution is -0.197. The maximum atomic E-state index is 11.5. The summed E-state index contributed by atoms with van der Waals surface area (Å²) in [4.78, 5) is 50.1. The molecule has 1 aliphatic rings. The first-order valence-corrected chi connectivity index (χ1v) is 6.64. The normalized spacial score (nSPS) is 15.3. The number of hydrogen-bond donors (Lipinski definition) is 1. The Balaban J connectivity index is 2.34. The van der Waals surface area contributed by atoms with E-state index in [4.69, 9.17) is 9.84 Å². The zero-order valence-corrected chi connectivity index (χ0v) is 12.1. The predicted molar refractivity (Wildman–Crippen MR) is 68.3 cm³/mol. The minimum Gasteiger partial charge on any atom is -0.460 e. The molecule has 1 saturated heterocycles. The van der Waals surface area contributed by atoms with Crippen LogP contribution in [0.4, 0.5) is 0 Å². The minimum absolute atomic E-state index is 0.0174. The highest BCUT2D eigenvalue weighted by atomic mass is 16.7. The van der Waals surface area contributed by atoms with E-state index in [2.05, 4.69) is 4.84 Å². The number of hydroxylamine groups is 2. The first-order valence-electron chi connectivity index (χ1n) is 6.64. The van der Waals surface area contributed by atoms with Crippen LogP contribution in [-0.4, -0.2) is 46.1 Å². The van der Waals surface area contributed by atoms with E-state index < -0.39 is 29.4 Å². The highest BCUT2D eigenvalue weighted by Gasteiger charge is 2.33. The van der Waals surface area contributed by atoms with Gasteiger partial charge >= 0.3 is 11.9 Å². The van der Waals surface area contributed by atoms with Crippen molar-refractivity contribution in [2.75, 3.05) is 6.61 Å². The average molecular weight is 301 g/mol. The molecule has 0 bridgehead atoms. The molecule has 0 aliphatic carbocycles. The Morgan fingerprint density at radius 1 is 1.14 bits per heavy atom. The summed E-state index contributed by atoms with van der Waals surface area (Å²) < 4.78 is 5.09. The second kappa shape index (κ2) is 7.16. The maximum absolute atomic E-state index is 11.5. The van der Waals surface area contributed by atoms with E-state index in [1.165, 1.54) is 0 Å². The fraction of sp³-hybridized carbons (Fsp3) is 0.692. The van der Waals surface area contributed by atoms with Crippen LogP contribution in [0, 0.1) is 0 Å². The van der Waals surface area contributed by atoms with E-state index in [-0.39, 0.29) is 38.7 Å². The summed E-state index contributed by atoms with van der Waals surface area (Å²) >= 11 is 0. The molecule has 0 atom stereocenters. The van der Waals surface area contributed by atoms with Crippen LogP contribution >= 0.6 is 0 Å². The van der Waals surface area contributed by atoms with E-state index in [0.717, 1.165) is 0 Å². The second-order valence-corrected chi connectivity index (χ2v) is 5.25. The van der Waals surface area contributed by atoms with Crippen LogP contribution in [0.1, 0.15) is 46.0 Å². The Kier molecular flexibility index (Phi) is 5.83. The lowest BCUT2D eigenvalue weighted by Gasteiger charge is -2.24. The van der Waals surface area contributed by atoms with Crippen molar-refractivity contribution < 1.29 is 33.9 Å². The van der Waals surface area contributed by atoms with Crippen molar-refractivity contribution in [1.29, 1.82) is 0 Å². The predicted octanol–water partition coefficient (Wildman–Crippen LogP) is 0.0780. The molecule has 0 saturated carbocycles. The van der Waals surface area contributed by atoms with E-state index in [0.29, 0.717) is 5.06 Å². The third kappa shape index (κ3) is 5.50. The molecular weight excluding hydrogens is 282 g/mol. The van der Waals surface area contributed by atoms with Crippen molar-refractivity contribution in [3.05, 3.63) is 0 Å². The van der Waals surface area contributed by atoms with Crippen LogP contribution in [0.15, 0.2) is 0 Å². The summed E-state index contributed by atoms with van der Waals surface area (Å²) in [6.45, 7) is 3.16. The van der Waals surface area contributed by atoms with Crippen LogP contribution in [0.25, 0.3) is 0 Å². The standard InChI is InChI=1S/C13H19NO7/c1-13(2,7-8-15)20-11(18)5-6-12(19)21-14-9(16)3-4-10(14)17/h15H,3-8H2,1-2H3. The molecule has 1 fully saturated rings. The number of carbonyl (C=O) groups is 4. The summed E-state index contributed by atoms with van der Waals surface area (Å²) in [7, 11) is 0. The average Bonchev–Trinajstić information content (AvgIpc) is 2.67. The summed E-state index contributed by atoms with van der Waals surface area (Å²) in [5, 5.41) is 9.24. The summed E-state index contributed by atoms with van der Waals surface area (Å²) in [6, 6.07) is 0. The van der Waals surface area contributed by atoms with Crippen molar-refractivity contribution in [3.63, 3.8) is 0 Å². The van der Waals surface area contributed by atoms with Gasteiger partial charge in [0.2, 0.25) is 0 Å². The van der Waals surface area contributed by atoms with E-state index in [1.807, 2.05) is 0 Å². The molecule has 0 radical (unpaired) electrons. The highest BCUT2D eigenvalue weighted by Crippen LogP contribution is 2.16. The molecule has 0 spiro atoms. The molecule has 1 aliphatic heterocycles.